The van der Waals surface area contributed by atoms with E-state index < -0.39 is 26.5 Å². The van der Waals surface area contributed by atoms with Crippen molar-refractivity contribution in [2.45, 2.75) is 43.6 Å². The summed E-state index contributed by atoms with van der Waals surface area (Å²) in [5.41, 5.74) is -0.450. The van der Waals surface area contributed by atoms with E-state index in [0.29, 0.717) is 36.1 Å². The highest BCUT2D eigenvalue weighted by atomic mass is 32.2. The van der Waals surface area contributed by atoms with Gasteiger partial charge in [-0.15, -0.1) is 11.3 Å². The number of nitrogens with zero attached hydrogens (tertiary/aromatic N) is 3. The topological polar surface area (TPSA) is 120 Å². The number of amides is 1. The van der Waals surface area contributed by atoms with E-state index in [1.807, 2.05) is 0 Å². The smallest absolute Gasteiger partial charge is 0.410 e. The third kappa shape index (κ3) is 5.21. The Kier molecular flexibility index (Phi) is 5.81. The van der Waals surface area contributed by atoms with Gasteiger partial charge in [-0.3, -0.25) is 10.1 Å². The fourth-order valence-electron chi connectivity index (χ4n) is 3.22. The minimum atomic E-state index is -3.68. The maximum Gasteiger partial charge on any atom is 0.410 e. The number of nitro groups is 1. The highest BCUT2D eigenvalue weighted by molar-refractivity contribution is 7.93. The van der Waals surface area contributed by atoms with Crippen LogP contribution in [0, 0.1) is 16.0 Å². The zero-order valence-electron chi connectivity index (χ0n) is 16.5. The Morgan fingerprint density at radius 3 is 2.79 bits per heavy atom. The Bertz CT molecular complexity index is 1040. The summed E-state index contributed by atoms with van der Waals surface area (Å²) in [6.45, 7) is 6.21. The van der Waals surface area contributed by atoms with Crippen molar-refractivity contribution in [2.24, 2.45) is 5.92 Å². The Hall–Kier alpha value is -2.27. The third-order valence-electron chi connectivity index (χ3n) is 4.45. The van der Waals surface area contributed by atoms with Gasteiger partial charge in [0.2, 0.25) is 14.2 Å². The number of carbonyl (C=O) groups excluding carboxylic acids is 1. The summed E-state index contributed by atoms with van der Waals surface area (Å²) in [4.78, 5) is 28.3. The van der Waals surface area contributed by atoms with Crippen molar-refractivity contribution in [1.82, 2.24) is 9.88 Å². The number of carbonyl (C=O) groups is 1. The lowest BCUT2D eigenvalue weighted by molar-refractivity contribution is -0.384. The monoisotopic (exact) mass is 441 g/mol. The van der Waals surface area contributed by atoms with E-state index in [0.717, 1.165) is 11.3 Å². The number of ether oxygens (including phenoxy) is 1. The molecule has 0 bridgehead atoms. The molecular weight excluding hydrogens is 418 g/mol. The molecule has 1 fully saturated rings. The van der Waals surface area contributed by atoms with Crippen LogP contribution in [0.4, 0.5) is 10.5 Å². The Morgan fingerprint density at radius 2 is 2.14 bits per heavy atom. The first-order valence-electron chi connectivity index (χ1n) is 9.20. The van der Waals surface area contributed by atoms with Gasteiger partial charge in [-0.1, -0.05) is 0 Å². The van der Waals surface area contributed by atoms with Gasteiger partial charge in [-0.25, -0.2) is 18.2 Å². The summed E-state index contributed by atoms with van der Waals surface area (Å²) < 4.78 is 31.7. The first kappa shape index (κ1) is 21.4. The van der Waals surface area contributed by atoms with Crippen LogP contribution in [0.2, 0.25) is 0 Å². The molecular formula is C18H23N3O6S2. The number of rotatable bonds is 4. The maximum absolute atomic E-state index is 12.9. The first-order valence-corrected chi connectivity index (χ1v) is 11.7. The number of piperidine rings is 1. The van der Waals surface area contributed by atoms with Crippen molar-refractivity contribution in [3.63, 3.8) is 0 Å². The minimum Gasteiger partial charge on any atom is -0.444 e. The largest absolute Gasteiger partial charge is 0.444 e. The first-order chi connectivity index (χ1) is 13.4. The number of hydrogen-bond donors (Lipinski definition) is 0. The van der Waals surface area contributed by atoms with E-state index in [2.05, 4.69) is 4.98 Å². The average molecular weight is 442 g/mol. The van der Waals surface area contributed by atoms with E-state index >= 15 is 0 Å². The van der Waals surface area contributed by atoms with E-state index in [4.69, 9.17) is 4.74 Å². The number of likely N-dealkylation sites (tertiary alicyclic amines) is 1. The molecule has 2 aromatic rings. The van der Waals surface area contributed by atoms with Crippen LogP contribution in [-0.4, -0.2) is 53.8 Å². The molecule has 0 spiro atoms. The second-order valence-electron chi connectivity index (χ2n) is 8.10. The molecule has 29 heavy (non-hydrogen) atoms. The number of sulfone groups is 1. The Balaban J connectivity index is 1.74. The molecule has 0 radical (unpaired) electrons. The molecule has 1 aromatic heterocycles. The lowest BCUT2D eigenvalue weighted by Gasteiger charge is -2.33. The molecule has 9 nitrogen and oxygen atoms in total. The molecule has 11 heteroatoms. The van der Waals surface area contributed by atoms with Gasteiger partial charge in [-0.05, 0) is 45.6 Å². The predicted molar refractivity (Wildman–Crippen MR) is 109 cm³/mol. The lowest BCUT2D eigenvalue weighted by Crippen LogP contribution is -2.44. The highest BCUT2D eigenvalue weighted by Gasteiger charge is 2.32. The number of benzene rings is 1. The zero-order valence-corrected chi connectivity index (χ0v) is 18.1. The summed E-state index contributed by atoms with van der Waals surface area (Å²) in [6, 6.07) is 4.11. The molecule has 0 N–H and O–H groups in total. The van der Waals surface area contributed by atoms with E-state index in [1.165, 1.54) is 18.2 Å². The molecule has 0 unspecified atom stereocenters. The van der Waals surface area contributed by atoms with Gasteiger partial charge in [0.15, 0.2) is 0 Å². The molecule has 1 aromatic carbocycles. The number of fused-ring (bicyclic) bond motifs is 1. The molecule has 1 atom stereocenters. The van der Waals surface area contributed by atoms with Gasteiger partial charge in [0, 0.05) is 25.2 Å². The number of aromatic nitrogens is 1. The number of nitro benzene ring substituents is 1. The maximum atomic E-state index is 12.9. The van der Waals surface area contributed by atoms with E-state index in [9.17, 15) is 23.3 Å². The Labute approximate surface area is 172 Å². The van der Waals surface area contributed by atoms with Crippen LogP contribution in [-0.2, 0) is 14.6 Å². The van der Waals surface area contributed by atoms with Gasteiger partial charge < -0.3 is 9.64 Å². The number of non-ortho nitro benzene ring substituents is 1. The standard InChI is InChI=1S/C18H23N3O6S2/c1-18(2,3)27-17(22)20-8-4-5-12(10-20)11-29(25,26)16-19-14-9-13(21(23)24)6-7-15(14)28-16/h6-7,9,12H,4-5,8,10-11H2,1-3H3/t12-/m0/s1. The zero-order chi connectivity index (χ0) is 21.4. The second kappa shape index (κ2) is 7.86. The van der Waals surface area contributed by atoms with Crippen LogP contribution in [0.3, 0.4) is 0 Å². The Morgan fingerprint density at radius 1 is 1.41 bits per heavy atom. The number of thiazole rings is 1. The van der Waals surface area contributed by atoms with Crippen LogP contribution in [0.1, 0.15) is 33.6 Å². The van der Waals surface area contributed by atoms with Crippen molar-refractivity contribution >= 4 is 43.2 Å². The average Bonchev–Trinajstić information content (AvgIpc) is 3.04. The molecule has 1 amide bonds. The van der Waals surface area contributed by atoms with Gasteiger partial charge in [0.25, 0.3) is 5.69 Å². The van der Waals surface area contributed by atoms with Crippen molar-refractivity contribution in [3.8, 4) is 0 Å². The molecule has 0 aliphatic carbocycles. The molecule has 2 heterocycles. The van der Waals surface area contributed by atoms with Crippen LogP contribution in [0.15, 0.2) is 22.5 Å². The highest BCUT2D eigenvalue weighted by Crippen LogP contribution is 2.31. The molecule has 1 saturated heterocycles. The fourth-order valence-corrected chi connectivity index (χ4v) is 6.15. The van der Waals surface area contributed by atoms with E-state index in [-0.39, 0.29) is 21.7 Å². The summed E-state index contributed by atoms with van der Waals surface area (Å²) in [6.07, 6.45) is 0.951. The second-order valence-corrected chi connectivity index (χ2v) is 11.3. The summed E-state index contributed by atoms with van der Waals surface area (Å²) in [7, 11) is -3.68. The van der Waals surface area contributed by atoms with Gasteiger partial charge in [-0.2, -0.15) is 0 Å². The van der Waals surface area contributed by atoms with Crippen LogP contribution < -0.4 is 0 Å². The predicted octanol–water partition coefficient (Wildman–Crippen LogP) is 3.63. The van der Waals surface area contributed by atoms with Crippen molar-refractivity contribution in [3.05, 3.63) is 28.3 Å². The summed E-state index contributed by atoms with van der Waals surface area (Å²) >= 11 is 1.00. The SMILES string of the molecule is CC(C)(C)OC(=O)N1CCC[C@H](CS(=O)(=O)c2nc3cc([N+](=O)[O-])ccc3s2)C1. The third-order valence-corrected chi connectivity index (χ3v) is 7.83. The van der Waals surface area contributed by atoms with Crippen molar-refractivity contribution in [1.29, 1.82) is 0 Å². The summed E-state index contributed by atoms with van der Waals surface area (Å²) in [5.74, 6) is -0.351. The fraction of sp³-hybridized carbons (Fsp3) is 0.556. The molecule has 0 saturated carbocycles. The quantitative estimate of drug-likeness (QED) is 0.525. The normalized spacial score (nSPS) is 18.0. The van der Waals surface area contributed by atoms with Crippen LogP contribution in [0.5, 0.6) is 0 Å². The van der Waals surface area contributed by atoms with Crippen LogP contribution >= 0.6 is 11.3 Å². The van der Waals surface area contributed by atoms with Crippen molar-refractivity contribution in [2.75, 3.05) is 18.8 Å². The molecule has 3 rings (SSSR count). The molecule has 1 aliphatic heterocycles. The molecule has 1 aliphatic rings. The lowest BCUT2D eigenvalue weighted by atomic mass is 10.0. The van der Waals surface area contributed by atoms with Gasteiger partial charge in [0.1, 0.15) is 5.60 Å². The molecule has 158 valence electrons. The summed E-state index contributed by atoms with van der Waals surface area (Å²) in [5, 5.41) is 10.9. The van der Waals surface area contributed by atoms with Gasteiger partial charge >= 0.3 is 6.09 Å². The minimum absolute atomic E-state index is 0.0533. The number of hydrogen-bond acceptors (Lipinski definition) is 8. The van der Waals surface area contributed by atoms with E-state index in [1.54, 1.807) is 25.7 Å². The van der Waals surface area contributed by atoms with Crippen molar-refractivity contribution < 1.29 is 22.9 Å². The van der Waals surface area contributed by atoms with Gasteiger partial charge in [0.05, 0.1) is 20.9 Å². The van der Waals surface area contributed by atoms with Crippen LogP contribution in [0.25, 0.3) is 10.2 Å².